The number of aliphatic carboxylic acids is 1. The first kappa shape index (κ1) is 32.6. The number of amides is 1. The van der Waals surface area contributed by atoms with Gasteiger partial charge in [0.2, 0.25) is 0 Å². The van der Waals surface area contributed by atoms with E-state index in [0.717, 1.165) is 29.2 Å². The van der Waals surface area contributed by atoms with E-state index in [4.69, 9.17) is 0 Å². The molecule has 4 rings (SSSR count). The van der Waals surface area contributed by atoms with E-state index in [1.54, 1.807) is 0 Å². The minimum absolute atomic E-state index is 0.145. The second-order valence-corrected chi connectivity index (χ2v) is 13.0. The number of alkyl halides is 8. The first-order valence-electron chi connectivity index (χ1n) is 12.8. The van der Waals surface area contributed by atoms with E-state index in [9.17, 15) is 58.2 Å². The quantitative estimate of drug-likeness (QED) is 0.308. The Bertz CT molecular complexity index is 1470. The van der Waals surface area contributed by atoms with Crippen LogP contribution < -0.4 is 0 Å². The summed E-state index contributed by atoms with van der Waals surface area (Å²) in [6.07, 6.45) is -14.6. The van der Waals surface area contributed by atoms with Crippen LogP contribution in [0.5, 0.6) is 0 Å². The number of carbonyl (C=O) groups is 2. The predicted molar refractivity (Wildman–Crippen MR) is 131 cm³/mol. The second kappa shape index (κ2) is 10.7. The Hall–Kier alpha value is -3.30. The van der Waals surface area contributed by atoms with Crippen LogP contribution in [0.3, 0.4) is 0 Å². The summed E-state index contributed by atoms with van der Waals surface area (Å²) in [5, 5.41) is 9.17. The number of carbonyl (C=O) groups excluding carboxylic acids is 1. The maximum atomic E-state index is 15.8. The summed E-state index contributed by atoms with van der Waals surface area (Å²) < 4.78 is 149. The molecular formula is C27H24F9NO5S. The van der Waals surface area contributed by atoms with Crippen molar-refractivity contribution in [2.45, 2.75) is 65.4 Å². The van der Waals surface area contributed by atoms with Crippen LogP contribution in [0.15, 0.2) is 53.4 Å². The molecule has 0 radical (unpaired) electrons. The average molecular weight is 646 g/mol. The Balaban J connectivity index is 1.77. The highest BCUT2D eigenvalue weighted by Gasteiger charge is 2.73. The van der Waals surface area contributed by atoms with Crippen LogP contribution in [0.1, 0.15) is 43.2 Å². The van der Waals surface area contributed by atoms with E-state index in [1.807, 2.05) is 0 Å². The number of halogens is 9. The average Bonchev–Trinajstić information content (AvgIpc) is 3.39. The summed E-state index contributed by atoms with van der Waals surface area (Å²) in [4.78, 5) is 24.9. The summed E-state index contributed by atoms with van der Waals surface area (Å²) >= 11 is 0. The lowest BCUT2D eigenvalue weighted by atomic mass is 9.79. The third kappa shape index (κ3) is 5.35. The molecule has 2 aromatic carbocycles. The van der Waals surface area contributed by atoms with E-state index in [0.29, 0.717) is 12.1 Å². The van der Waals surface area contributed by atoms with Gasteiger partial charge in [-0.25, -0.2) is 21.6 Å². The predicted octanol–water partition coefficient (Wildman–Crippen LogP) is 6.00. The van der Waals surface area contributed by atoms with Crippen molar-refractivity contribution in [1.82, 2.24) is 4.90 Å². The standard InChI is InChI=1S/C27H24F9NO5S/c28-19-5-7-20(8-6-19)43(41,42)24(17-1-3-18(4-2-17)25(30,26(31,32)33)27(34,35)36)13-14-37(15-24)22(40)23(29)11-9-16(10-12-23)21(38)39/h1-8,16H,9-15H2,(H,38,39)/t16?,23?,24-/m0/s1. The Labute approximate surface area is 239 Å². The highest BCUT2D eigenvalue weighted by Crippen LogP contribution is 2.54. The Kier molecular flexibility index (Phi) is 8.11. The third-order valence-electron chi connectivity index (χ3n) is 8.26. The fourth-order valence-electron chi connectivity index (χ4n) is 5.72. The van der Waals surface area contributed by atoms with Gasteiger partial charge in [0.15, 0.2) is 15.5 Å². The number of nitrogens with zero attached hydrogens (tertiary/aromatic N) is 1. The number of benzene rings is 2. The molecule has 236 valence electrons. The topological polar surface area (TPSA) is 91.8 Å². The first-order chi connectivity index (χ1) is 19.7. The molecule has 2 aromatic rings. The second-order valence-electron chi connectivity index (χ2n) is 10.7. The fraction of sp³-hybridized carbons (Fsp3) is 0.481. The molecule has 1 amide bonds. The summed E-state index contributed by atoms with van der Waals surface area (Å²) in [5.74, 6) is -4.03. The zero-order valence-corrected chi connectivity index (χ0v) is 22.8. The zero-order valence-electron chi connectivity index (χ0n) is 22.0. The molecule has 0 aromatic heterocycles. The van der Waals surface area contributed by atoms with E-state index in [-0.39, 0.29) is 25.0 Å². The highest BCUT2D eigenvalue weighted by molar-refractivity contribution is 7.92. The molecule has 1 heterocycles. The normalized spacial score (nSPS) is 25.5. The molecule has 1 N–H and O–H groups in total. The number of sulfone groups is 1. The third-order valence-corrected chi connectivity index (χ3v) is 10.7. The number of carboxylic acid groups (broad SMARTS) is 1. The van der Waals surface area contributed by atoms with Gasteiger partial charge in [-0.05, 0) is 61.9 Å². The number of hydrogen-bond donors (Lipinski definition) is 1. The molecule has 0 unspecified atom stereocenters. The highest BCUT2D eigenvalue weighted by atomic mass is 32.2. The van der Waals surface area contributed by atoms with Crippen LogP contribution in [0, 0.1) is 11.7 Å². The van der Waals surface area contributed by atoms with Crippen LogP contribution in [-0.4, -0.2) is 61.4 Å². The van der Waals surface area contributed by atoms with Crippen molar-refractivity contribution in [2.24, 2.45) is 5.92 Å². The number of rotatable bonds is 6. The van der Waals surface area contributed by atoms with Crippen molar-refractivity contribution < 1.29 is 62.6 Å². The summed E-state index contributed by atoms with van der Waals surface area (Å²) in [7, 11) is -4.71. The van der Waals surface area contributed by atoms with Crippen LogP contribution in [0.4, 0.5) is 39.5 Å². The molecule has 2 fully saturated rings. The molecule has 1 aliphatic heterocycles. The molecule has 1 atom stereocenters. The van der Waals surface area contributed by atoms with Crippen molar-refractivity contribution >= 4 is 21.7 Å². The molecule has 6 nitrogen and oxygen atoms in total. The van der Waals surface area contributed by atoms with Gasteiger partial charge in [0.1, 0.15) is 10.6 Å². The van der Waals surface area contributed by atoms with Gasteiger partial charge >= 0.3 is 24.0 Å². The maximum Gasteiger partial charge on any atom is 0.435 e. The van der Waals surface area contributed by atoms with E-state index in [2.05, 4.69) is 0 Å². The lowest BCUT2D eigenvalue weighted by Gasteiger charge is -2.35. The largest absolute Gasteiger partial charge is 0.481 e. The lowest BCUT2D eigenvalue weighted by Crippen LogP contribution is -2.50. The fourth-order valence-corrected chi connectivity index (χ4v) is 7.79. The maximum absolute atomic E-state index is 15.8. The molecule has 16 heteroatoms. The van der Waals surface area contributed by atoms with Crippen molar-refractivity contribution in [3.8, 4) is 0 Å². The SMILES string of the molecule is O=C(O)C1CCC(F)(C(=O)N2CC[C@](c3ccc(C(F)(C(F)(F)F)C(F)(F)F)cc3)(S(=O)(=O)c3ccc(F)cc3)C2)CC1. The number of carboxylic acids is 1. The molecule has 43 heavy (non-hydrogen) atoms. The monoisotopic (exact) mass is 645 g/mol. The summed E-state index contributed by atoms with van der Waals surface area (Å²) in [5.41, 5.74) is -10.6. The zero-order chi connectivity index (χ0) is 32.2. The van der Waals surface area contributed by atoms with Crippen LogP contribution in [0.2, 0.25) is 0 Å². The van der Waals surface area contributed by atoms with Crippen LogP contribution >= 0.6 is 0 Å². The lowest BCUT2D eigenvalue weighted by molar-refractivity contribution is -0.348. The minimum atomic E-state index is -6.42. The van der Waals surface area contributed by atoms with Gasteiger partial charge in [-0.1, -0.05) is 24.3 Å². The van der Waals surface area contributed by atoms with Crippen LogP contribution in [0.25, 0.3) is 0 Å². The van der Waals surface area contributed by atoms with Gasteiger partial charge in [-0.15, -0.1) is 0 Å². The van der Waals surface area contributed by atoms with Gasteiger partial charge in [-0.2, -0.15) is 26.3 Å². The van der Waals surface area contributed by atoms with Crippen molar-refractivity contribution in [3.05, 3.63) is 65.5 Å². The molecule has 1 saturated carbocycles. The van der Waals surface area contributed by atoms with Crippen molar-refractivity contribution in [1.29, 1.82) is 0 Å². The van der Waals surface area contributed by atoms with E-state index in [1.165, 1.54) is 0 Å². The summed E-state index contributed by atoms with van der Waals surface area (Å²) in [6.45, 7) is -1.20. The smallest absolute Gasteiger partial charge is 0.435 e. The Morgan fingerprint density at radius 1 is 0.837 bits per heavy atom. The Morgan fingerprint density at radius 3 is 1.81 bits per heavy atom. The minimum Gasteiger partial charge on any atom is -0.481 e. The molecule has 1 saturated heterocycles. The van der Waals surface area contributed by atoms with E-state index < -0.39 is 110 Å². The van der Waals surface area contributed by atoms with E-state index >= 15 is 4.39 Å². The van der Waals surface area contributed by atoms with Crippen molar-refractivity contribution in [3.63, 3.8) is 0 Å². The molecule has 0 bridgehead atoms. The Morgan fingerprint density at radius 2 is 1.35 bits per heavy atom. The van der Waals surface area contributed by atoms with Gasteiger partial charge in [0, 0.05) is 18.7 Å². The van der Waals surface area contributed by atoms with Gasteiger partial charge in [0.05, 0.1) is 10.8 Å². The van der Waals surface area contributed by atoms with Gasteiger partial charge < -0.3 is 10.0 Å². The first-order valence-corrected chi connectivity index (χ1v) is 14.3. The summed E-state index contributed by atoms with van der Waals surface area (Å²) in [6, 6.07) is 4.76. The van der Waals surface area contributed by atoms with Crippen LogP contribution in [-0.2, 0) is 29.8 Å². The number of hydrogen-bond acceptors (Lipinski definition) is 4. The molecule has 0 spiro atoms. The van der Waals surface area contributed by atoms with Crippen molar-refractivity contribution in [2.75, 3.05) is 13.1 Å². The molecular weight excluding hydrogens is 621 g/mol. The molecule has 2 aliphatic rings. The van der Waals surface area contributed by atoms with Gasteiger partial charge in [-0.3, -0.25) is 9.59 Å². The molecule has 1 aliphatic carbocycles. The number of likely N-dealkylation sites (tertiary alicyclic amines) is 1. The van der Waals surface area contributed by atoms with Gasteiger partial charge in [0.25, 0.3) is 5.91 Å².